The number of fused-ring (bicyclic) bond motifs is 2. The lowest BCUT2D eigenvalue weighted by molar-refractivity contribution is 0.311. The fourth-order valence-corrected chi connectivity index (χ4v) is 3.25. The molecule has 0 saturated heterocycles. The molecule has 7 nitrogen and oxygen atoms in total. The Morgan fingerprint density at radius 1 is 1.11 bits per heavy atom. The molecule has 0 fully saturated rings. The van der Waals surface area contributed by atoms with Crippen LogP contribution in [0.15, 0.2) is 61.1 Å². The number of benzene rings is 1. The van der Waals surface area contributed by atoms with Gasteiger partial charge >= 0.3 is 0 Å². The maximum Gasteiger partial charge on any atom is 0.245 e. The van der Waals surface area contributed by atoms with Gasteiger partial charge in [0.05, 0.1) is 29.6 Å². The Kier molecular flexibility index (Phi) is 3.64. The summed E-state index contributed by atoms with van der Waals surface area (Å²) in [5.41, 5.74) is 4.89. The van der Waals surface area contributed by atoms with E-state index in [1.54, 1.807) is 6.20 Å². The third-order valence-corrected chi connectivity index (χ3v) is 4.67. The first-order chi connectivity index (χ1) is 13.3. The summed E-state index contributed by atoms with van der Waals surface area (Å²) in [5, 5.41) is 7.95. The summed E-state index contributed by atoms with van der Waals surface area (Å²) in [5.74, 6) is 1.43. The summed E-state index contributed by atoms with van der Waals surface area (Å²) in [6, 6.07) is 14.0. The van der Waals surface area contributed by atoms with Crippen molar-refractivity contribution in [3.8, 4) is 17.0 Å². The Balaban J connectivity index is 1.50. The highest BCUT2D eigenvalue weighted by atomic mass is 16.5. The van der Waals surface area contributed by atoms with E-state index in [0.717, 1.165) is 40.4 Å². The van der Waals surface area contributed by atoms with Crippen molar-refractivity contribution in [2.75, 3.05) is 30.4 Å². The molecule has 3 aromatic heterocycles. The van der Waals surface area contributed by atoms with E-state index in [1.165, 1.54) is 0 Å². The minimum atomic E-state index is 0.531. The number of aromatic nitrogens is 4. The summed E-state index contributed by atoms with van der Waals surface area (Å²) in [6.07, 6.45) is 5.40. The van der Waals surface area contributed by atoms with E-state index >= 15 is 0 Å². The molecule has 0 bridgehead atoms. The molecule has 27 heavy (non-hydrogen) atoms. The minimum Gasteiger partial charge on any atom is -0.490 e. The number of nitrogens with one attached hydrogen (secondary N) is 1. The van der Waals surface area contributed by atoms with Crippen molar-refractivity contribution in [1.82, 2.24) is 19.6 Å². The van der Waals surface area contributed by atoms with Crippen LogP contribution in [0.1, 0.15) is 0 Å². The van der Waals surface area contributed by atoms with Crippen molar-refractivity contribution in [2.24, 2.45) is 0 Å². The van der Waals surface area contributed by atoms with Gasteiger partial charge in [0.2, 0.25) is 5.95 Å². The highest BCUT2D eigenvalue weighted by Crippen LogP contribution is 2.33. The number of ether oxygens (including phenoxy) is 1. The zero-order valence-corrected chi connectivity index (χ0v) is 14.8. The fraction of sp³-hybridized carbons (Fsp3) is 0.150. The van der Waals surface area contributed by atoms with Gasteiger partial charge in [-0.15, -0.1) is 5.10 Å². The molecular weight excluding hydrogens is 340 g/mol. The predicted octanol–water partition coefficient (Wildman–Crippen LogP) is 3.36. The maximum atomic E-state index is 5.70. The number of likely N-dealkylation sites (N-methyl/N-ethyl adjacent to an activating group) is 1. The maximum absolute atomic E-state index is 5.70. The average Bonchev–Trinajstić information content (AvgIpc) is 3.13. The van der Waals surface area contributed by atoms with Crippen LogP contribution in [0.2, 0.25) is 0 Å². The molecule has 0 atom stereocenters. The number of hydrogen-bond donors (Lipinski definition) is 1. The Hall–Kier alpha value is -3.61. The normalized spacial score (nSPS) is 13.3. The molecule has 0 radical (unpaired) electrons. The first-order valence-corrected chi connectivity index (χ1v) is 8.78. The molecule has 0 unspecified atom stereocenters. The molecule has 0 amide bonds. The van der Waals surface area contributed by atoms with Gasteiger partial charge in [-0.1, -0.05) is 0 Å². The minimum absolute atomic E-state index is 0.531. The monoisotopic (exact) mass is 358 g/mol. The number of anilines is 3. The van der Waals surface area contributed by atoms with Crippen LogP contribution in [0, 0.1) is 0 Å². The molecule has 134 valence electrons. The first kappa shape index (κ1) is 15.6. The second-order valence-electron chi connectivity index (χ2n) is 6.46. The number of hydrogen-bond acceptors (Lipinski definition) is 6. The van der Waals surface area contributed by atoms with Gasteiger partial charge in [0, 0.05) is 30.7 Å². The first-order valence-electron chi connectivity index (χ1n) is 8.78. The van der Waals surface area contributed by atoms with Crippen LogP contribution >= 0.6 is 0 Å². The van der Waals surface area contributed by atoms with E-state index in [4.69, 9.17) is 4.74 Å². The molecule has 0 spiro atoms. The van der Waals surface area contributed by atoms with E-state index in [-0.39, 0.29) is 0 Å². The summed E-state index contributed by atoms with van der Waals surface area (Å²) < 4.78 is 7.58. The van der Waals surface area contributed by atoms with Crippen molar-refractivity contribution < 1.29 is 4.74 Å². The number of rotatable bonds is 3. The van der Waals surface area contributed by atoms with E-state index < -0.39 is 0 Å². The fourth-order valence-electron chi connectivity index (χ4n) is 3.25. The molecule has 7 heteroatoms. The van der Waals surface area contributed by atoms with Crippen LogP contribution in [-0.4, -0.2) is 39.8 Å². The largest absolute Gasteiger partial charge is 0.490 e. The zero-order chi connectivity index (χ0) is 18.2. The van der Waals surface area contributed by atoms with Crippen molar-refractivity contribution in [3.63, 3.8) is 0 Å². The smallest absolute Gasteiger partial charge is 0.245 e. The van der Waals surface area contributed by atoms with Crippen LogP contribution < -0.4 is 15.0 Å². The second kappa shape index (κ2) is 6.28. The van der Waals surface area contributed by atoms with Crippen LogP contribution in [0.25, 0.3) is 16.8 Å². The molecule has 4 heterocycles. The topological polar surface area (TPSA) is 67.6 Å². The zero-order valence-electron chi connectivity index (χ0n) is 14.8. The molecule has 1 aromatic carbocycles. The molecule has 0 saturated carbocycles. The lowest BCUT2D eigenvalue weighted by Crippen LogP contribution is -2.28. The van der Waals surface area contributed by atoms with Gasteiger partial charge in [0.25, 0.3) is 0 Å². The lowest BCUT2D eigenvalue weighted by Gasteiger charge is -2.28. The Labute approximate surface area is 156 Å². The van der Waals surface area contributed by atoms with E-state index in [9.17, 15) is 0 Å². The average molecular weight is 358 g/mol. The molecule has 5 rings (SSSR count). The lowest BCUT2D eigenvalue weighted by atomic mass is 10.2. The van der Waals surface area contributed by atoms with Gasteiger partial charge < -0.3 is 15.0 Å². The van der Waals surface area contributed by atoms with Crippen LogP contribution in [0.4, 0.5) is 17.3 Å². The third-order valence-electron chi connectivity index (χ3n) is 4.67. The highest BCUT2D eigenvalue weighted by molar-refractivity contribution is 5.70. The van der Waals surface area contributed by atoms with Gasteiger partial charge in [-0.25, -0.2) is 9.50 Å². The predicted molar refractivity (Wildman–Crippen MR) is 105 cm³/mol. The Morgan fingerprint density at radius 3 is 2.96 bits per heavy atom. The van der Waals surface area contributed by atoms with Crippen LogP contribution in [0.3, 0.4) is 0 Å². The van der Waals surface area contributed by atoms with Crippen molar-refractivity contribution >= 4 is 22.8 Å². The quantitative estimate of drug-likeness (QED) is 0.606. The molecule has 1 aliphatic heterocycles. The Bertz CT molecular complexity index is 1110. The molecular formula is C20H18N6O. The number of pyridine rings is 1. The summed E-state index contributed by atoms with van der Waals surface area (Å²) in [7, 11) is 2.06. The SMILES string of the molecule is CN1CCOc2ccc(Nc3ncc4ccc(-c5cccnc5)n4n3)cc21. The number of nitrogens with zero attached hydrogens (tertiary/aromatic N) is 5. The van der Waals surface area contributed by atoms with Gasteiger partial charge in [-0.05, 0) is 42.5 Å². The summed E-state index contributed by atoms with van der Waals surface area (Å²) in [6.45, 7) is 1.58. The van der Waals surface area contributed by atoms with E-state index in [0.29, 0.717) is 12.6 Å². The molecule has 4 aromatic rings. The molecule has 1 N–H and O–H groups in total. The molecule has 0 aliphatic carbocycles. The van der Waals surface area contributed by atoms with Crippen LogP contribution in [0.5, 0.6) is 5.75 Å². The van der Waals surface area contributed by atoms with Gasteiger partial charge in [0.15, 0.2) is 0 Å². The standard InChI is InChI=1S/C20H18N6O/c1-25-9-10-27-19-7-4-15(11-18(19)25)23-20-22-13-16-5-6-17(26(16)24-20)14-3-2-8-21-12-14/h2-8,11-13H,9-10H2,1H3,(H,23,24). The van der Waals surface area contributed by atoms with Gasteiger partial charge in [-0.2, -0.15) is 0 Å². The van der Waals surface area contributed by atoms with Crippen LogP contribution in [-0.2, 0) is 0 Å². The second-order valence-corrected chi connectivity index (χ2v) is 6.46. The third kappa shape index (κ3) is 2.83. The molecule has 1 aliphatic rings. The van der Waals surface area contributed by atoms with Crippen molar-refractivity contribution in [1.29, 1.82) is 0 Å². The van der Waals surface area contributed by atoms with Crippen molar-refractivity contribution in [2.45, 2.75) is 0 Å². The Morgan fingerprint density at radius 2 is 2.07 bits per heavy atom. The summed E-state index contributed by atoms with van der Waals surface area (Å²) >= 11 is 0. The highest BCUT2D eigenvalue weighted by Gasteiger charge is 2.15. The van der Waals surface area contributed by atoms with E-state index in [2.05, 4.69) is 38.4 Å². The van der Waals surface area contributed by atoms with Gasteiger partial charge in [0.1, 0.15) is 12.4 Å². The van der Waals surface area contributed by atoms with Gasteiger partial charge in [-0.3, -0.25) is 4.98 Å². The summed E-state index contributed by atoms with van der Waals surface area (Å²) in [4.78, 5) is 10.8. The van der Waals surface area contributed by atoms with Crippen molar-refractivity contribution in [3.05, 3.63) is 61.1 Å². The van der Waals surface area contributed by atoms with E-state index in [1.807, 2.05) is 53.3 Å².